The first-order chi connectivity index (χ1) is 11.7. The largest absolute Gasteiger partial charge is 0.497 e. The zero-order valence-corrected chi connectivity index (χ0v) is 14.3. The molecular weight excluding hydrogens is 302 g/mol. The molecule has 24 heavy (non-hydrogen) atoms. The average Bonchev–Trinajstić information content (AvgIpc) is 2.60. The number of methoxy groups -OCH3 is 1. The molecule has 0 saturated carbocycles. The van der Waals surface area contributed by atoms with Gasteiger partial charge in [0, 0.05) is 18.8 Å². The predicted molar refractivity (Wildman–Crippen MR) is 97.4 cm³/mol. The lowest BCUT2D eigenvalue weighted by Gasteiger charge is -2.16. The molecule has 128 valence electrons. The molecule has 0 spiro atoms. The Hall–Kier alpha value is -2.53. The Labute approximate surface area is 143 Å². The van der Waals surface area contributed by atoms with Crippen molar-refractivity contribution in [1.29, 1.82) is 0 Å². The Morgan fingerprint density at radius 1 is 1.08 bits per heavy atom. The van der Waals surface area contributed by atoms with Crippen LogP contribution in [-0.2, 0) is 6.54 Å². The standard InChI is InChI=1S/C19H25N3O2/c1-22(15-16-7-4-3-5-8-16)14-6-13-20-19(23)21-17-9-11-18(24-2)12-10-17/h3-5,7-12H,6,13-15H2,1-2H3,(H2,20,21,23). The number of nitrogens with zero attached hydrogens (tertiary/aromatic N) is 1. The maximum Gasteiger partial charge on any atom is 0.319 e. The third-order valence-corrected chi connectivity index (χ3v) is 3.65. The van der Waals surface area contributed by atoms with Crippen LogP contribution in [-0.4, -0.2) is 38.2 Å². The van der Waals surface area contributed by atoms with Crippen LogP contribution in [0.4, 0.5) is 10.5 Å². The van der Waals surface area contributed by atoms with Gasteiger partial charge in [0.2, 0.25) is 0 Å². The van der Waals surface area contributed by atoms with Crippen LogP contribution in [0.2, 0.25) is 0 Å². The lowest BCUT2D eigenvalue weighted by atomic mass is 10.2. The minimum Gasteiger partial charge on any atom is -0.497 e. The van der Waals surface area contributed by atoms with Crippen molar-refractivity contribution in [3.63, 3.8) is 0 Å². The highest BCUT2D eigenvalue weighted by Gasteiger charge is 2.03. The molecule has 0 atom stereocenters. The highest BCUT2D eigenvalue weighted by Crippen LogP contribution is 2.14. The van der Waals surface area contributed by atoms with E-state index in [0.717, 1.165) is 30.9 Å². The van der Waals surface area contributed by atoms with E-state index in [4.69, 9.17) is 4.74 Å². The van der Waals surface area contributed by atoms with Crippen molar-refractivity contribution in [3.05, 3.63) is 60.2 Å². The quantitative estimate of drug-likeness (QED) is 0.731. The molecule has 0 aliphatic rings. The number of amides is 2. The maximum absolute atomic E-state index is 11.8. The number of hydrogen-bond donors (Lipinski definition) is 2. The Morgan fingerprint density at radius 3 is 2.46 bits per heavy atom. The SMILES string of the molecule is COc1ccc(NC(=O)NCCCN(C)Cc2ccccc2)cc1. The third-order valence-electron chi connectivity index (χ3n) is 3.65. The second-order valence-electron chi connectivity index (χ2n) is 5.69. The highest BCUT2D eigenvalue weighted by molar-refractivity contribution is 5.89. The minimum absolute atomic E-state index is 0.189. The van der Waals surface area contributed by atoms with E-state index in [9.17, 15) is 4.79 Å². The van der Waals surface area contributed by atoms with Crippen LogP contribution in [0.5, 0.6) is 5.75 Å². The van der Waals surface area contributed by atoms with E-state index in [0.29, 0.717) is 6.54 Å². The first kappa shape index (κ1) is 17.8. The normalized spacial score (nSPS) is 10.5. The van der Waals surface area contributed by atoms with Gasteiger partial charge in [-0.2, -0.15) is 0 Å². The molecule has 0 saturated heterocycles. The van der Waals surface area contributed by atoms with Crippen LogP contribution in [0.1, 0.15) is 12.0 Å². The Bertz CT molecular complexity index is 614. The number of benzene rings is 2. The lowest BCUT2D eigenvalue weighted by Crippen LogP contribution is -2.31. The van der Waals surface area contributed by atoms with Crippen molar-refractivity contribution < 1.29 is 9.53 Å². The van der Waals surface area contributed by atoms with Gasteiger partial charge >= 0.3 is 6.03 Å². The van der Waals surface area contributed by atoms with Crippen LogP contribution in [0, 0.1) is 0 Å². The molecule has 5 nitrogen and oxygen atoms in total. The van der Waals surface area contributed by atoms with Crippen LogP contribution in [0.15, 0.2) is 54.6 Å². The van der Waals surface area contributed by atoms with E-state index < -0.39 is 0 Å². The van der Waals surface area contributed by atoms with Gasteiger partial charge in [-0.1, -0.05) is 30.3 Å². The number of carbonyl (C=O) groups excluding carboxylic acids is 1. The Kier molecular flexibility index (Phi) is 7.11. The zero-order valence-electron chi connectivity index (χ0n) is 14.3. The Balaban J connectivity index is 1.61. The molecule has 0 aromatic heterocycles. The fourth-order valence-electron chi connectivity index (χ4n) is 2.37. The van der Waals surface area contributed by atoms with Gasteiger partial charge in [0.15, 0.2) is 0 Å². The van der Waals surface area contributed by atoms with Crippen molar-refractivity contribution in [2.24, 2.45) is 0 Å². The van der Waals surface area contributed by atoms with Gasteiger partial charge in [-0.25, -0.2) is 4.79 Å². The molecule has 2 rings (SSSR count). The van der Waals surface area contributed by atoms with Gasteiger partial charge in [-0.05, 0) is 49.8 Å². The van der Waals surface area contributed by atoms with E-state index in [1.54, 1.807) is 7.11 Å². The summed E-state index contributed by atoms with van der Waals surface area (Å²) in [5.74, 6) is 0.766. The van der Waals surface area contributed by atoms with Crippen molar-refractivity contribution in [1.82, 2.24) is 10.2 Å². The van der Waals surface area contributed by atoms with Gasteiger partial charge in [0.1, 0.15) is 5.75 Å². The summed E-state index contributed by atoms with van der Waals surface area (Å²) in [5.41, 5.74) is 2.04. The zero-order chi connectivity index (χ0) is 17.2. The first-order valence-corrected chi connectivity index (χ1v) is 8.09. The number of anilines is 1. The molecular formula is C19H25N3O2. The van der Waals surface area contributed by atoms with E-state index in [1.807, 2.05) is 42.5 Å². The minimum atomic E-state index is -0.189. The van der Waals surface area contributed by atoms with Gasteiger partial charge in [0.25, 0.3) is 0 Å². The molecule has 2 amide bonds. The van der Waals surface area contributed by atoms with Crippen molar-refractivity contribution in [3.8, 4) is 5.75 Å². The smallest absolute Gasteiger partial charge is 0.319 e. The summed E-state index contributed by atoms with van der Waals surface area (Å²) >= 11 is 0. The summed E-state index contributed by atoms with van der Waals surface area (Å²) in [5, 5.41) is 5.67. The molecule has 0 radical (unpaired) electrons. The summed E-state index contributed by atoms with van der Waals surface area (Å²) in [4.78, 5) is 14.1. The topological polar surface area (TPSA) is 53.6 Å². The van der Waals surface area contributed by atoms with Crippen molar-refractivity contribution in [2.75, 3.05) is 32.6 Å². The monoisotopic (exact) mass is 327 g/mol. The summed E-state index contributed by atoms with van der Waals surface area (Å²) < 4.78 is 5.09. The molecule has 0 unspecified atom stereocenters. The predicted octanol–water partition coefficient (Wildman–Crippen LogP) is 3.34. The van der Waals surface area contributed by atoms with Gasteiger partial charge in [0.05, 0.1) is 7.11 Å². The fourth-order valence-corrected chi connectivity index (χ4v) is 2.37. The van der Waals surface area contributed by atoms with E-state index in [1.165, 1.54) is 5.56 Å². The van der Waals surface area contributed by atoms with Gasteiger partial charge in [-0.3, -0.25) is 0 Å². The van der Waals surface area contributed by atoms with Crippen LogP contribution in [0.3, 0.4) is 0 Å². The lowest BCUT2D eigenvalue weighted by molar-refractivity contribution is 0.250. The van der Waals surface area contributed by atoms with Crippen LogP contribution < -0.4 is 15.4 Å². The second-order valence-corrected chi connectivity index (χ2v) is 5.69. The third kappa shape index (κ3) is 6.30. The summed E-state index contributed by atoms with van der Waals surface area (Å²) in [6.45, 7) is 2.48. The molecule has 0 heterocycles. The maximum atomic E-state index is 11.8. The fraction of sp³-hybridized carbons (Fsp3) is 0.316. The van der Waals surface area contributed by atoms with Crippen LogP contribution in [0.25, 0.3) is 0 Å². The molecule has 5 heteroatoms. The molecule has 0 fully saturated rings. The molecule has 0 aliphatic carbocycles. The molecule has 0 aliphatic heterocycles. The highest BCUT2D eigenvalue weighted by atomic mass is 16.5. The molecule has 2 aromatic rings. The molecule has 0 bridgehead atoms. The van der Waals surface area contributed by atoms with E-state index in [2.05, 4.69) is 34.7 Å². The van der Waals surface area contributed by atoms with Gasteiger partial charge in [-0.15, -0.1) is 0 Å². The summed E-state index contributed by atoms with van der Waals surface area (Å²) in [7, 11) is 3.70. The number of nitrogens with one attached hydrogen (secondary N) is 2. The van der Waals surface area contributed by atoms with Crippen molar-refractivity contribution >= 4 is 11.7 Å². The number of hydrogen-bond acceptors (Lipinski definition) is 3. The number of rotatable bonds is 8. The second kappa shape index (κ2) is 9.57. The van der Waals surface area contributed by atoms with E-state index >= 15 is 0 Å². The van der Waals surface area contributed by atoms with Gasteiger partial charge < -0.3 is 20.3 Å². The van der Waals surface area contributed by atoms with E-state index in [-0.39, 0.29) is 6.03 Å². The number of urea groups is 1. The summed E-state index contributed by atoms with van der Waals surface area (Å²) in [6.07, 6.45) is 0.902. The number of carbonyl (C=O) groups is 1. The van der Waals surface area contributed by atoms with Crippen LogP contribution >= 0.6 is 0 Å². The van der Waals surface area contributed by atoms with Crippen molar-refractivity contribution in [2.45, 2.75) is 13.0 Å². The Morgan fingerprint density at radius 2 is 1.79 bits per heavy atom. The first-order valence-electron chi connectivity index (χ1n) is 8.09. The number of ether oxygens (including phenoxy) is 1. The molecule has 2 N–H and O–H groups in total. The average molecular weight is 327 g/mol. The summed E-state index contributed by atoms with van der Waals surface area (Å²) in [6, 6.07) is 17.4. The molecule has 2 aromatic carbocycles.